The van der Waals surface area contributed by atoms with E-state index in [1.165, 1.54) is 57.9 Å². The Morgan fingerprint density at radius 3 is 2.74 bits per heavy atom. The number of hydrogen-bond acceptors (Lipinski definition) is 1. The Hall–Kier alpha value is -0.820. The highest BCUT2D eigenvalue weighted by Crippen LogP contribution is 2.31. The van der Waals surface area contributed by atoms with E-state index < -0.39 is 0 Å². The van der Waals surface area contributed by atoms with Gasteiger partial charge in [0.1, 0.15) is 0 Å². The minimum atomic E-state index is 0.704. The normalized spacial score (nSPS) is 28.9. The Morgan fingerprint density at radius 2 is 1.84 bits per heavy atom. The highest BCUT2D eigenvalue weighted by Gasteiger charge is 2.32. The molecule has 0 N–H and O–H groups in total. The van der Waals surface area contributed by atoms with Crippen LogP contribution in [0.4, 0.5) is 0 Å². The van der Waals surface area contributed by atoms with Crippen LogP contribution < -0.4 is 0 Å². The minimum absolute atomic E-state index is 0.704. The second-order valence-corrected chi connectivity index (χ2v) is 5.87. The molecule has 0 amide bonds. The van der Waals surface area contributed by atoms with E-state index in [0.717, 1.165) is 6.04 Å². The van der Waals surface area contributed by atoms with Gasteiger partial charge < -0.3 is 0 Å². The van der Waals surface area contributed by atoms with Gasteiger partial charge in [0, 0.05) is 12.1 Å². The molecule has 2 aliphatic rings. The lowest BCUT2D eigenvalue weighted by atomic mass is 9.96. The third-order valence-corrected chi connectivity index (χ3v) is 4.41. The van der Waals surface area contributed by atoms with E-state index in [9.17, 15) is 0 Å². The number of rotatable bonds is 6. The fourth-order valence-electron chi connectivity index (χ4n) is 3.36. The quantitative estimate of drug-likeness (QED) is 0.486. The van der Waals surface area contributed by atoms with Gasteiger partial charge in [0.2, 0.25) is 0 Å². The van der Waals surface area contributed by atoms with Gasteiger partial charge in [-0.05, 0) is 38.6 Å². The number of allylic oxidation sites excluding steroid dienone is 5. The van der Waals surface area contributed by atoms with Crippen LogP contribution in [0.25, 0.3) is 0 Å². The molecule has 0 aromatic rings. The molecule has 1 heteroatoms. The first-order chi connectivity index (χ1) is 9.42. The first-order valence-electron chi connectivity index (χ1n) is 8.17. The summed E-state index contributed by atoms with van der Waals surface area (Å²) in [4.78, 5) is 2.73. The molecule has 0 saturated carbocycles. The molecule has 0 aromatic carbocycles. The molecule has 106 valence electrons. The molecule has 0 aliphatic carbocycles. The Bertz CT molecular complexity index is 327. The van der Waals surface area contributed by atoms with Crippen molar-refractivity contribution in [2.75, 3.05) is 6.54 Å². The lowest BCUT2D eigenvalue weighted by molar-refractivity contribution is 0.153. The number of unbranched alkanes of at least 4 members (excludes halogenated alkanes) is 2. The molecule has 0 unspecified atom stereocenters. The molecule has 2 aliphatic heterocycles. The van der Waals surface area contributed by atoms with Crippen LogP contribution >= 0.6 is 0 Å². The molecule has 1 nitrogen and oxygen atoms in total. The Balaban J connectivity index is 1.72. The van der Waals surface area contributed by atoms with E-state index in [2.05, 4.69) is 48.3 Å². The summed E-state index contributed by atoms with van der Waals surface area (Å²) in [6.07, 6.45) is 24.3. The van der Waals surface area contributed by atoms with Crippen LogP contribution in [-0.2, 0) is 0 Å². The SMILES string of the molecule is CCCCC=CC=CC=C[C@H]1CCC[C@@H]2CCCN21. The van der Waals surface area contributed by atoms with E-state index in [0.29, 0.717) is 6.04 Å². The number of fused-ring (bicyclic) bond motifs is 1. The predicted octanol–water partition coefficient (Wildman–Crippen LogP) is 4.86. The zero-order valence-electron chi connectivity index (χ0n) is 12.4. The molecular weight excluding hydrogens is 230 g/mol. The monoisotopic (exact) mass is 259 g/mol. The summed E-state index contributed by atoms with van der Waals surface area (Å²) in [5.41, 5.74) is 0. The summed E-state index contributed by atoms with van der Waals surface area (Å²) in [5.74, 6) is 0. The van der Waals surface area contributed by atoms with E-state index in [1.54, 1.807) is 0 Å². The summed E-state index contributed by atoms with van der Waals surface area (Å²) in [6, 6.07) is 1.59. The maximum atomic E-state index is 2.73. The highest BCUT2D eigenvalue weighted by molar-refractivity contribution is 5.13. The third kappa shape index (κ3) is 4.65. The van der Waals surface area contributed by atoms with Crippen LogP contribution in [0.5, 0.6) is 0 Å². The summed E-state index contributed by atoms with van der Waals surface area (Å²) >= 11 is 0. The van der Waals surface area contributed by atoms with Gasteiger partial charge in [-0.2, -0.15) is 0 Å². The minimum Gasteiger partial charge on any atom is -0.294 e. The summed E-state index contributed by atoms with van der Waals surface area (Å²) in [5, 5.41) is 0. The van der Waals surface area contributed by atoms with Crippen molar-refractivity contribution in [2.45, 2.75) is 70.4 Å². The lowest BCUT2D eigenvalue weighted by Gasteiger charge is -2.36. The predicted molar refractivity (Wildman–Crippen MR) is 84.3 cm³/mol. The fourth-order valence-corrected chi connectivity index (χ4v) is 3.36. The van der Waals surface area contributed by atoms with Gasteiger partial charge >= 0.3 is 0 Å². The van der Waals surface area contributed by atoms with Crippen molar-refractivity contribution < 1.29 is 0 Å². The molecule has 2 fully saturated rings. The van der Waals surface area contributed by atoms with Crippen molar-refractivity contribution in [1.82, 2.24) is 4.90 Å². The molecule has 0 spiro atoms. The molecule has 0 radical (unpaired) electrons. The molecule has 0 bridgehead atoms. The molecule has 2 rings (SSSR count). The zero-order valence-corrected chi connectivity index (χ0v) is 12.4. The second-order valence-electron chi connectivity index (χ2n) is 5.87. The molecule has 0 aromatic heterocycles. The van der Waals surface area contributed by atoms with Gasteiger partial charge in [-0.1, -0.05) is 62.6 Å². The average Bonchev–Trinajstić information content (AvgIpc) is 2.91. The van der Waals surface area contributed by atoms with E-state index >= 15 is 0 Å². The standard InChI is InChI=1S/C18H29N/c1-2-3-4-5-6-7-8-9-12-17-13-10-14-18-15-11-16-19(17)18/h5-9,12,17-18H,2-4,10-11,13-16H2,1H3/t17-,18+/m0/s1. The van der Waals surface area contributed by atoms with Crippen LogP contribution in [0.1, 0.15) is 58.3 Å². The van der Waals surface area contributed by atoms with Crippen molar-refractivity contribution in [3.8, 4) is 0 Å². The molecule has 2 saturated heterocycles. The number of hydrogen-bond donors (Lipinski definition) is 0. The van der Waals surface area contributed by atoms with Gasteiger partial charge in [0.15, 0.2) is 0 Å². The van der Waals surface area contributed by atoms with Gasteiger partial charge in [0.05, 0.1) is 0 Å². The maximum Gasteiger partial charge on any atom is 0.0284 e. The third-order valence-electron chi connectivity index (χ3n) is 4.41. The van der Waals surface area contributed by atoms with E-state index in [-0.39, 0.29) is 0 Å². The Kier molecular flexibility index (Phi) is 6.43. The molecule has 2 heterocycles. The van der Waals surface area contributed by atoms with E-state index in [4.69, 9.17) is 0 Å². The molecule has 2 atom stereocenters. The maximum absolute atomic E-state index is 2.73. The second kappa shape index (κ2) is 8.37. The number of nitrogens with zero attached hydrogens (tertiary/aromatic N) is 1. The van der Waals surface area contributed by atoms with Crippen molar-refractivity contribution in [1.29, 1.82) is 0 Å². The van der Waals surface area contributed by atoms with Crippen molar-refractivity contribution in [3.63, 3.8) is 0 Å². The smallest absolute Gasteiger partial charge is 0.0284 e. The van der Waals surface area contributed by atoms with Gasteiger partial charge in [-0.15, -0.1) is 0 Å². The van der Waals surface area contributed by atoms with Crippen LogP contribution in [0, 0.1) is 0 Å². The average molecular weight is 259 g/mol. The van der Waals surface area contributed by atoms with Crippen LogP contribution in [-0.4, -0.2) is 23.5 Å². The van der Waals surface area contributed by atoms with Crippen LogP contribution in [0.2, 0.25) is 0 Å². The Morgan fingerprint density at radius 1 is 1.00 bits per heavy atom. The lowest BCUT2D eigenvalue weighted by Crippen LogP contribution is -2.41. The van der Waals surface area contributed by atoms with Gasteiger partial charge in [-0.25, -0.2) is 0 Å². The van der Waals surface area contributed by atoms with Crippen molar-refractivity contribution >= 4 is 0 Å². The summed E-state index contributed by atoms with van der Waals surface area (Å²) in [6.45, 7) is 3.56. The fraction of sp³-hybridized carbons (Fsp3) is 0.667. The highest BCUT2D eigenvalue weighted by atomic mass is 15.2. The van der Waals surface area contributed by atoms with Gasteiger partial charge in [-0.3, -0.25) is 4.90 Å². The molecule has 19 heavy (non-hydrogen) atoms. The Labute approximate surface area is 119 Å². The van der Waals surface area contributed by atoms with Crippen LogP contribution in [0.15, 0.2) is 36.5 Å². The first-order valence-corrected chi connectivity index (χ1v) is 8.17. The summed E-state index contributed by atoms with van der Waals surface area (Å²) < 4.78 is 0. The number of piperidine rings is 1. The largest absolute Gasteiger partial charge is 0.294 e. The first kappa shape index (κ1) is 14.6. The van der Waals surface area contributed by atoms with Crippen molar-refractivity contribution in [2.24, 2.45) is 0 Å². The van der Waals surface area contributed by atoms with E-state index in [1.807, 2.05) is 0 Å². The zero-order chi connectivity index (χ0) is 13.3. The summed E-state index contributed by atoms with van der Waals surface area (Å²) in [7, 11) is 0. The molecular formula is C18H29N. The van der Waals surface area contributed by atoms with Gasteiger partial charge in [0.25, 0.3) is 0 Å². The topological polar surface area (TPSA) is 3.24 Å². The van der Waals surface area contributed by atoms with Crippen LogP contribution in [0.3, 0.4) is 0 Å². The van der Waals surface area contributed by atoms with Crippen molar-refractivity contribution in [3.05, 3.63) is 36.5 Å².